The van der Waals surface area contributed by atoms with E-state index < -0.39 is 0 Å². The summed E-state index contributed by atoms with van der Waals surface area (Å²) < 4.78 is 2.38. The van der Waals surface area contributed by atoms with Gasteiger partial charge in [0, 0.05) is 16.5 Å². The summed E-state index contributed by atoms with van der Waals surface area (Å²) in [7, 11) is 0. The maximum Gasteiger partial charge on any atom is 0.0541 e. The van der Waals surface area contributed by atoms with Gasteiger partial charge in [0.15, 0.2) is 0 Å². The molecule has 0 saturated carbocycles. The molecule has 16 aromatic rings. The molecule has 0 N–H and O–H groups in total. The fourth-order valence-corrected chi connectivity index (χ4v) is 12.9. The van der Waals surface area contributed by atoms with Crippen molar-refractivity contribution in [2.45, 2.75) is 0 Å². The van der Waals surface area contributed by atoms with Gasteiger partial charge in [-0.15, -0.1) is 0 Å². The van der Waals surface area contributed by atoms with Crippen molar-refractivity contribution in [1.29, 1.82) is 0 Å². The molecule has 1 heteroatoms. The number of fused-ring (bicyclic) bond motifs is 12. The van der Waals surface area contributed by atoms with Crippen LogP contribution < -0.4 is 0 Å². The van der Waals surface area contributed by atoms with E-state index in [2.05, 4.69) is 253 Å². The summed E-state index contributed by atoms with van der Waals surface area (Å²) in [5.41, 5.74) is 13.6. The number of aromatic nitrogens is 1. The van der Waals surface area contributed by atoms with Crippen molar-refractivity contribution >= 4 is 108 Å². The maximum atomic E-state index is 2.53. The van der Waals surface area contributed by atoms with Crippen LogP contribution in [0.1, 0.15) is 0 Å². The van der Waals surface area contributed by atoms with Crippen LogP contribution in [0.2, 0.25) is 0 Å². The molecule has 0 bridgehead atoms. The first-order valence-corrected chi connectivity index (χ1v) is 24.7. The highest BCUT2D eigenvalue weighted by atomic mass is 15.0. The summed E-state index contributed by atoms with van der Waals surface area (Å²) in [6, 6.07) is 93.0. The van der Waals surface area contributed by atoms with Crippen LogP contribution in [0.25, 0.3) is 158 Å². The summed E-state index contributed by atoms with van der Waals surface area (Å²) in [6.07, 6.45) is 0. The molecular formula is C70H41N. The Hall–Kier alpha value is -9.30. The summed E-state index contributed by atoms with van der Waals surface area (Å²) in [5, 5.41) is 23.4. The Kier molecular flexibility index (Phi) is 7.95. The fourth-order valence-electron chi connectivity index (χ4n) is 12.9. The van der Waals surface area contributed by atoms with Crippen LogP contribution in [0.5, 0.6) is 0 Å². The molecule has 0 amide bonds. The molecule has 16 rings (SSSR count). The number of rotatable bonds is 5. The molecule has 0 unspecified atom stereocenters. The van der Waals surface area contributed by atoms with Crippen molar-refractivity contribution in [1.82, 2.24) is 4.57 Å². The van der Waals surface area contributed by atoms with Crippen molar-refractivity contribution in [2.24, 2.45) is 0 Å². The highest BCUT2D eigenvalue weighted by molar-refractivity contribution is 6.45. The minimum atomic E-state index is 1.17. The maximum absolute atomic E-state index is 2.53. The number of hydrogen-bond acceptors (Lipinski definition) is 0. The van der Waals surface area contributed by atoms with Gasteiger partial charge in [-0.05, 0) is 179 Å². The van der Waals surface area contributed by atoms with Crippen molar-refractivity contribution in [3.8, 4) is 50.2 Å². The minimum Gasteiger partial charge on any atom is -0.309 e. The van der Waals surface area contributed by atoms with Gasteiger partial charge in [0.2, 0.25) is 0 Å². The zero-order valence-corrected chi connectivity index (χ0v) is 38.6. The van der Waals surface area contributed by atoms with Gasteiger partial charge in [-0.25, -0.2) is 0 Å². The number of para-hydroxylation sites is 2. The lowest BCUT2D eigenvalue weighted by Gasteiger charge is -2.19. The zero-order chi connectivity index (χ0) is 46.3. The van der Waals surface area contributed by atoms with E-state index in [4.69, 9.17) is 0 Å². The van der Waals surface area contributed by atoms with Gasteiger partial charge in [0.1, 0.15) is 0 Å². The first-order chi connectivity index (χ1) is 35.2. The molecule has 0 fully saturated rings. The average Bonchev–Trinajstić information content (AvgIpc) is 4.07. The smallest absolute Gasteiger partial charge is 0.0541 e. The quantitative estimate of drug-likeness (QED) is 0.152. The molecule has 1 heterocycles. The topological polar surface area (TPSA) is 4.93 Å². The Morgan fingerprint density at radius 3 is 1.48 bits per heavy atom. The molecule has 15 aromatic carbocycles. The average molecular weight is 896 g/mol. The van der Waals surface area contributed by atoms with Gasteiger partial charge in [-0.3, -0.25) is 0 Å². The summed E-state index contributed by atoms with van der Waals surface area (Å²) in [6.45, 7) is 0. The lowest BCUT2D eigenvalue weighted by Crippen LogP contribution is -1.92. The van der Waals surface area contributed by atoms with Crippen LogP contribution in [0.15, 0.2) is 249 Å². The molecule has 0 aliphatic rings. The summed E-state index contributed by atoms with van der Waals surface area (Å²) in [4.78, 5) is 0. The van der Waals surface area contributed by atoms with Crippen LogP contribution in [0.4, 0.5) is 0 Å². The zero-order valence-electron chi connectivity index (χ0n) is 38.6. The van der Waals surface area contributed by atoms with Gasteiger partial charge < -0.3 is 4.57 Å². The van der Waals surface area contributed by atoms with E-state index in [1.165, 1.54) is 158 Å². The van der Waals surface area contributed by atoms with E-state index in [0.717, 1.165) is 0 Å². The normalized spacial score (nSPS) is 12.2. The number of hydrogen-bond donors (Lipinski definition) is 0. The van der Waals surface area contributed by atoms with Crippen LogP contribution in [0, 0.1) is 0 Å². The molecule has 0 aliphatic carbocycles. The standard InChI is InChI=1S/C70H41N/c1-4-16-42(17-5-1)64-61-41-60-52-23-11-10-22-51(52)55-26-15-27-56(67(55)60)68(61)65(43-18-6-2-7-19-43)70-57-28-14-25-54-50(35-36-58(66(54)57)69(64)70)48-33-32-44-38-45(30-31-46(44)39-48)47-34-37-63-59(40-47)53-24-12-13-29-62(53)71(63)49-20-8-3-9-21-49/h1-41H. The highest BCUT2D eigenvalue weighted by Crippen LogP contribution is 2.55. The van der Waals surface area contributed by atoms with Crippen molar-refractivity contribution in [3.05, 3.63) is 249 Å². The fraction of sp³-hybridized carbons (Fsp3) is 0. The van der Waals surface area contributed by atoms with E-state index in [9.17, 15) is 0 Å². The lowest BCUT2D eigenvalue weighted by molar-refractivity contribution is 1.18. The number of nitrogens with zero attached hydrogens (tertiary/aromatic N) is 1. The Morgan fingerprint density at radius 2 is 0.718 bits per heavy atom. The molecule has 0 saturated heterocycles. The third-order valence-corrected chi connectivity index (χ3v) is 15.8. The molecule has 0 atom stereocenters. The van der Waals surface area contributed by atoms with Crippen LogP contribution in [0.3, 0.4) is 0 Å². The minimum absolute atomic E-state index is 1.17. The van der Waals surface area contributed by atoms with Crippen molar-refractivity contribution < 1.29 is 0 Å². The first kappa shape index (κ1) is 38.6. The van der Waals surface area contributed by atoms with Gasteiger partial charge >= 0.3 is 0 Å². The Bertz CT molecular complexity index is 4830. The third kappa shape index (κ3) is 5.41. The molecule has 1 aromatic heterocycles. The second kappa shape index (κ2) is 14.6. The van der Waals surface area contributed by atoms with Gasteiger partial charge in [0.05, 0.1) is 11.0 Å². The van der Waals surface area contributed by atoms with Crippen LogP contribution >= 0.6 is 0 Å². The highest BCUT2D eigenvalue weighted by Gasteiger charge is 2.27. The van der Waals surface area contributed by atoms with E-state index in [0.29, 0.717) is 0 Å². The van der Waals surface area contributed by atoms with E-state index in [1.54, 1.807) is 0 Å². The summed E-state index contributed by atoms with van der Waals surface area (Å²) >= 11 is 0. The van der Waals surface area contributed by atoms with E-state index in [1.807, 2.05) is 0 Å². The predicted octanol–water partition coefficient (Wildman–Crippen LogP) is 19.6. The molecule has 0 radical (unpaired) electrons. The number of benzene rings is 13. The van der Waals surface area contributed by atoms with Gasteiger partial charge in [-0.1, -0.05) is 200 Å². The molecule has 1 nitrogen and oxygen atoms in total. The third-order valence-electron chi connectivity index (χ3n) is 15.8. The molecule has 71 heavy (non-hydrogen) atoms. The second-order valence-corrected chi connectivity index (χ2v) is 19.4. The SMILES string of the molecule is c1ccc(-c2c3cc4c5ccccc5c5cccc(c3c(-c3ccccc3)c3c6cccc7c(-c8ccc9cc(-c%10ccc%11c(c%10)c%10ccccc%10n%11-c%10ccccc%10)ccc9c8)ccc(c23)c76)c54)cc1. The molecular weight excluding hydrogens is 855 g/mol. The van der Waals surface area contributed by atoms with Crippen LogP contribution in [-0.4, -0.2) is 4.57 Å². The Morgan fingerprint density at radius 1 is 0.211 bits per heavy atom. The van der Waals surface area contributed by atoms with Gasteiger partial charge in [-0.2, -0.15) is 0 Å². The van der Waals surface area contributed by atoms with Gasteiger partial charge in [0.25, 0.3) is 0 Å². The molecule has 326 valence electrons. The summed E-state index contributed by atoms with van der Waals surface area (Å²) in [5.74, 6) is 0. The van der Waals surface area contributed by atoms with Crippen molar-refractivity contribution in [3.63, 3.8) is 0 Å². The second-order valence-electron chi connectivity index (χ2n) is 19.4. The van der Waals surface area contributed by atoms with E-state index >= 15 is 0 Å². The lowest BCUT2D eigenvalue weighted by atomic mass is 9.84. The largest absolute Gasteiger partial charge is 0.309 e. The predicted molar refractivity (Wildman–Crippen MR) is 305 cm³/mol. The van der Waals surface area contributed by atoms with E-state index in [-0.39, 0.29) is 0 Å². The van der Waals surface area contributed by atoms with Crippen LogP contribution in [-0.2, 0) is 0 Å². The Balaban J connectivity index is 0.916. The first-order valence-electron chi connectivity index (χ1n) is 24.7. The molecule has 0 spiro atoms. The molecule has 0 aliphatic heterocycles. The van der Waals surface area contributed by atoms with Crippen molar-refractivity contribution in [2.75, 3.05) is 0 Å². The Labute approximate surface area is 409 Å². The monoisotopic (exact) mass is 895 g/mol.